The molecule has 0 saturated heterocycles. The van der Waals surface area contributed by atoms with E-state index < -0.39 is 5.91 Å². The van der Waals surface area contributed by atoms with Crippen molar-refractivity contribution in [2.75, 3.05) is 5.32 Å². The minimum Gasteiger partial charge on any atom is -0.506 e. The summed E-state index contributed by atoms with van der Waals surface area (Å²) in [6, 6.07) is 8.73. The molecule has 3 N–H and O–H groups in total. The van der Waals surface area contributed by atoms with Gasteiger partial charge in [-0.2, -0.15) is 0 Å². The lowest BCUT2D eigenvalue weighted by Gasteiger charge is -2.20. The maximum atomic E-state index is 11.8. The number of hydrogen-bond donors (Lipinski definition) is 3. The Bertz CT molecular complexity index is 759. The van der Waals surface area contributed by atoms with Crippen molar-refractivity contribution in [3.8, 4) is 5.75 Å². The average molecular weight is 344 g/mol. The van der Waals surface area contributed by atoms with Gasteiger partial charge in [0.2, 0.25) is 5.91 Å². The molecule has 0 spiro atoms. The summed E-state index contributed by atoms with van der Waals surface area (Å²) in [6.07, 6.45) is 4.38. The van der Waals surface area contributed by atoms with Crippen LogP contribution in [0.2, 0.25) is 0 Å². The number of amides is 1. The third-order valence-corrected chi connectivity index (χ3v) is 3.49. The molecule has 0 fully saturated rings. The van der Waals surface area contributed by atoms with Crippen LogP contribution in [0.15, 0.2) is 47.1 Å². The molecule has 1 aromatic carbocycles. The maximum absolute atomic E-state index is 11.8. The zero-order chi connectivity index (χ0) is 17.7. The second-order valence-electron chi connectivity index (χ2n) is 6.27. The van der Waals surface area contributed by atoms with Gasteiger partial charge in [-0.15, -0.1) is 0 Å². The molecule has 5 nitrogen and oxygen atoms in total. The molecule has 0 saturated carbocycles. The van der Waals surface area contributed by atoms with Crippen LogP contribution >= 0.6 is 12.2 Å². The van der Waals surface area contributed by atoms with Crippen LogP contribution in [0, 0.1) is 0 Å². The Labute approximate surface area is 146 Å². The molecule has 0 bridgehead atoms. The van der Waals surface area contributed by atoms with Gasteiger partial charge in [0.25, 0.3) is 0 Å². The van der Waals surface area contributed by atoms with Crippen LogP contribution in [-0.2, 0) is 10.2 Å². The Morgan fingerprint density at radius 1 is 1.29 bits per heavy atom. The van der Waals surface area contributed by atoms with Crippen LogP contribution in [0.1, 0.15) is 32.1 Å². The number of benzene rings is 1. The van der Waals surface area contributed by atoms with Crippen LogP contribution < -0.4 is 10.6 Å². The molecular weight excluding hydrogens is 324 g/mol. The monoisotopic (exact) mass is 344 g/mol. The van der Waals surface area contributed by atoms with Crippen LogP contribution in [-0.4, -0.2) is 16.1 Å². The Morgan fingerprint density at radius 3 is 2.67 bits per heavy atom. The van der Waals surface area contributed by atoms with Crippen molar-refractivity contribution in [3.05, 3.63) is 54.0 Å². The normalized spacial score (nSPS) is 11.5. The van der Waals surface area contributed by atoms with E-state index in [-0.39, 0.29) is 16.3 Å². The van der Waals surface area contributed by atoms with Crippen LogP contribution in [0.5, 0.6) is 5.75 Å². The van der Waals surface area contributed by atoms with Crippen molar-refractivity contribution in [2.45, 2.75) is 26.2 Å². The van der Waals surface area contributed by atoms with Crippen molar-refractivity contribution >= 4 is 35.0 Å². The summed E-state index contributed by atoms with van der Waals surface area (Å²) in [5.41, 5.74) is 1.42. The third kappa shape index (κ3) is 4.96. The number of carbonyl (C=O) groups excluding carboxylic acids is 1. The fourth-order valence-corrected chi connectivity index (χ4v) is 2.16. The lowest BCUT2D eigenvalue weighted by Crippen LogP contribution is -2.32. The van der Waals surface area contributed by atoms with Gasteiger partial charge in [0.05, 0.1) is 12.0 Å². The molecule has 126 valence electrons. The van der Waals surface area contributed by atoms with Crippen LogP contribution in [0.3, 0.4) is 0 Å². The molecule has 0 aliphatic heterocycles. The smallest absolute Gasteiger partial charge is 0.250 e. The number of rotatable bonds is 3. The van der Waals surface area contributed by atoms with E-state index in [0.29, 0.717) is 11.4 Å². The molecule has 0 unspecified atom stereocenters. The summed E-state index contributed by atoms with van der Waals surface area (Å²) >= 11 is 5.11. The zero-order valence-electron chi connectivity index (χ0n) is 13.8. The number of aromatic hydroxyl groups is 1. The molecule has 0 atom stereocenters. The Morgan fingerprint density at radius 2 is 2.04 bits per heavy atom. The molecule has 0 aliphatic carbocycles. The molecule has 1 amide bonds. The van der Waals surface area contributed by atoms with Gasteiger partial charge in [-0.25, -0.2) is 0 Å². The predicted octanol–water partition coefficient (Wildman–Crippen LogP) is 3.81. The summed E-state index contributed by atoms with van der Waals surface area (Å²) in [5.74, 6) is 0.237. The average Bonchev–Trinajstić information content (AvgIpc) is 2.99. The van der Waals surface area contributed by atoms with E-state index in [1.807, 2.05) is 12.1 Å². The van der Waals surface area contributed by atoms with Crippen LogP contribution in [0.4, 0.5) is 5.69 Å². The SMILES string of the molecule is CC(C)(C)c1ccc(O)c(NC(=S)NC(=O)C=Cc2ccco2)c1. The number of nitrogens with one attached hydrogen (secondary N) is 2. The number of phenolic OH excluding ortho intramolecular Hbond substituents is 1. The van der Waals surface area contributed by atoms with E-state index in [4.69, 9.17) is 16.6 Å². The topological polar surface area (TPSA) is 74.5 Å². The van der Waals surface area contributed by atoms with Crippen molar-refractivity contribution in [3.63, 3.8) is 0 Å². The lowest BCUT2D eigenvalue weighted by molar-refractivity contribution is -0.115. The van der Waals surface area contributed by atoms with Gasteiger partial charge < -0.3 is 14.8 Å². The van der Waals surface area contributed by atoms with Gasteiger partial charge in [0.15, 0.2) is 5.11 Å². The first-order chi connectivity index (χ1) is 11.3. The number of furan rings is 1. The summed E-state index contributed by atoms with van der Waals surface area (Å²) in [4.78, 5) is 11.8. The van der Waals surface area contributed by atoms with Crippen molar-refractivity contribution in [1.82, 2.24) is 5.32 Å². The molecule has 24 heavy (non-hydrogen) atoms. The summed E-state index contributed by atoms with van der Waals surface area (Å²) in [5, 5.41) is 15.4. The van der Waals surface area contributed by atoms with E-state index >= 15 is 0 Å². The lowest BCUT2D eigenvalue weighted by atomic mass is 9.87. The number of hydrogen-bond acceptors (Lipinski definition) is 4. The van der Waals surface area contributed by atoms with Gasteiger partial charge in [-0.3, -0.25) is 10.1 Å². The summed E-state index contributed by atoms with van der Waals surface area (Å²) in [6.45, 7) is 6.22. The fraction of sp³-hybridized carbons (Fsp3) is 0.222. The van der Waals surface area contributed by atoms with Crippen molar-refractivity contribution in [1.29, 1.82) is 0 Å². The first-order valence-electron chi connectivity index (χ1n) is 7.43. The van der Waals surface area contributed by atoms with E-state index in [2.05, 4.69) is 31.4 Å². The largest absolute Gasteiger partial charge is 0.506 e. The number of phenols is 1. The number of thiocarbonyl (C=S) groups is 1. The van der Waals surface area contributed by atoms with Gasteiger partial charge in [0.1, 0.15) is 11.5 Å². The fourth-order valence-electron chi connectivity index (χ4n) is 1.95. The predicted molar refractivity (Wildman–Crippen MR) is 98.9 cm³/mol. The highest BCUT2D eigenvalue weighted by Crippen LogP contribution is 2.30. The highest BCUT2D eigenvalue weighted by molar-refractivity contribution is 7.80. The quantitative estimate of drug-likeness (QED) is 0.448. The molecule has 0 aliphatic rings. The van der Waals surface area contributed by atoms with E-state index in [0.717, 1.165) is 5.56 Å². The second kappa shape index (κ2) is 7.31. The molecule has 2 aromatic rings. The minimum absolute atomic E-state index is 0.0609. The van der Waals surface area contributed by atoms with Gasteiger partial charge in [-0.1, -0.05) is 26.8 Å². The van der Waals surface area contributed by atoms with E-state index in [1.165, 1.54) is 18.4 Å². The Kier molecular flexibility index (Phi) is 5.41. The number of carbonyl (C=O) groups is 1. The van der Waals surface area contributed by atoms with Gasteiger partial charge >= 0.3 is 0 Å². The molecular formula is C18H20N2O3S. The maximum Gasteiger partial charge on any atom is 0.250 e. The minimum atomic E-state index is -0.393. The Balaban J connectivity index is 2.00. The first-order valence-corrected chi connectivity index (χ1v) is 7.83. The molecule has 6 heteroatoms. The highest BCUT2D eigenvalue weighted by atomic mass is 32.1. The zero-order valence-corrected chi connectivity index (χ0v) is 14.6. The molecule has 1 heterocycles. The van der Waals surface area contributed by atoms with Gasteiger partial charge in [0, 0.05) is 6.08 Å². The van der Waals surface area contributed by atoms with Crippen LogP contribution in [0.25, 0.3) is 6.08 Å². The molecule has 0 radical (unpaired) electrons. The summed E-state index contributed by atoms with van der Waals surface area (Å²) < 4.78 is 5.10. The molecule has 2 rings (SSSR count). The van der Waals surface area contributed by atoms with E-state index in [1.54, 1.807) is 18.2 Å². The third-order valence-electron chi connectivity index (χ3n) is 3.29. The first kappa shape index (κ1) is 17.7. The standard InChI is InChI=1S/C18H20N2O3S/c1-18(2,3)12-6-8-15(21)14(11-12)19-17(24)20-16(22)9-7-13-5-4-10-23-13/h4-11,21H,1-3H3,(H2,19,20,22,24). The van der Waals surface area contributed by atoms with Crippen molar-refractivity contribution < 1.29 is 14.3 Å². The van der Waals surface area contributed by atoms with Gasteiger partial charge in [-0.05, 0) is 53.5 Å². The second-order valence-corrected chi connectivity index (χ2v) is 6.68. The van der Waals surface area contributed by atoms with E-state index in [9.17, 15) is 9.90 Å². The summed E-state index contributed by atoms with van der Waals surface area (Å²) in [7, 11) is 0. The number of anilines is 1. The highest BCUT2D eigenvalue weighted by Gasteiger charge is 2.16. The Hall–Kier alpha value is -2.60. The molecule has 1 aromatic heterocycles. The van der Waals surface area contributed by atoms with Crippen molar-refractivity contribution in [2.24, 2.45) is 0 Å².